The first kappa shape index (κ1) is 20.8. The monoisotopic (exact) mass is 377 g/mol. The molecule has 2 heterocycles. The quantitative estimate of drug-likeness (QED) is 0.634. The third-order valence-electron chi connectivity index (χ3n) is 4.13. The summed E-state index contributed by atoms with van der Waals surface area (Å²) in [5, 5.41) is 6.03. The van der Waals surface area contributed by atoms with E-state index >= 15 is 0 Å². The molecule has 0 spiro atoms. The van der Waals surface area contributed by atoms with Gasteiger partial charge >= 0.3 is 6.09 Å². The summed E-state index contributed by atoms with van der Waals surface area (Å²) in [5.41, 5.74) is 0.982. The Labute approximate surface area is 159 Å². The second-order valence-electron chi connectivity index (χ2n) is 6.53. The zero-order valence-electron chi connectivity index (χ0n) is 16.0. The molecule has 9 heteroatoms. The van der Waals surface area contributed by atoms with Crippen molar-refractivity contribution < 1.29 is 19.1 Å². The van der Waals surface area contributed by atoms with Crippen molar-refractivity contribution in [3.05, 3.63) is 29.6 Å². The number of carbonyl (C=O) groups is 3. The maximum Gasteiger partial charge on any atom is 0.416 e. The summed E-state index contributed by atoms with van der Waals surface area (Å²) in [6.45, 7) is 3.99. The average molecular weight is 377 g/mol. The Bertz CT molecular complexity index is 679. The van der Waals surface area contributed by atoms with Crippen molar-refractivity contribution in [1.29, 1.82) is 0 Å². The number of aromatic nitrogens is 1. The summed E-state index contributed by atoms with van der Waals surface area (Å²) in [6, 6.07) is 2.83. The molecule has 27 heavy (non-hydrogen) atoms. The number of likely N-dealkylation sites (N-methyl/N-ethyl adjacent to an activating group) is 1. The highest BCUT2D eigenvalue weighted by Crippen LogP contribution is 2.11. The summed E-state index contributed by atoms with van der Waals surface area (Å²) in [7, 11) is 3.91. The van der Waals surface area contributed by atoms with Crippen LogP contribution in [0.1, 0.15) is 29.4 Å². The van der Waals surface area contributed by atoms with Gasteiger partial charge < -0.3 is 20.3 Å². The van der Waals surface area contributed by atoms with Crippen LogP contribution in [-0.4, -0.2) is 79.1 Å². The van der Waals surface area contributed by atoms with Crippen molar-refractivity contribution >= 4 is 17.9 Å². The van der Waals surface area contributed by atoms with Crippen LogP contribution in [0.5, 0.6) is 0 Å². The maximum atomic E-state index is 12.4. The van der Waals surface area contributed by atoms with Crippen LogP contribution in [0, 0.1) is 0 Å². The predicted molar refractivity (Wildman–Crippen MR) is 99.1 cm³/mol. The third kappa shape index (κ3) is 6.00. The van der Waals surface area contributed by atoms with Crippen molar-refractivity contribution in [2.45, 2.75) is 25.9 Å². The number of ether oxygens (including phenoxy) is 1. The summed E-state index contributed by atoms with van der Waals surface area (Å²) >= 11 is 0. The molecule has 9 nitrogen and oxygen atoms in total. The smallest absolute Gasteiger partial charge is 0.416 e. The summed E-state index contributed by atoms with van der Waals surface area (Å²) in [4.78, 5) is 43.6. The number of imide groups is 1. The van der Waals surface area contributed by atoms with Gasteiger partial charge in [-0.15, -0.1) is 0 Å². The lowest BCUT2D eigenvalue weighted by molar-refractivity contribution is -0.123. The van der Waals surface area contributed by atoms with Gasteiger partial charge in [-0.1, -0.05) is 0 Å². The fourth-order valence-electron chi connectivity index (χ4n) is 2.68. The minimum Gasteiger partial charge on any atom is -0.447 e. The van der Waals surface area contributed by atoms with Gasteiger partial charge in [-0.25, -0.2) is 9.69 Å². The van der Waals surface area contributed by atoms with Gasteiger partial charge in [0.1, 0.15) is 6.61 Å². The van der Waals surface area contributed by atoms with Gasteiger partial charge in [0, 0.05) is 24.8 Å². The van der Waals surface area contributed by atoms with E-state index in [1.807, 2.05) is 25.9 Å². The summed E-state index contributed by atoms with van der Waals surface area (Å²) in [6.07, 6.45) is 1.54. The molecule has 1 aromatic heterocycles. The molecule has 2 rings (SSSR count). The largest absolute Gasteiger partial charge is 0.447 e. The number of pyridine rings is 1. The Morgan fingerprint density at radius 3 is 2.81 bits per heavy atom. The Balaban J connectivity index is 2.01. The first-order chi connectivity index (χ1) is 12.9. The number of nitrogens with zero attached hydrogens (tertiary/aromatic N) is 3. The van der Waals surface area contributed by atoms with Gasteiger partial charge in [-0.3, -0.25) is 14.6 Å². The number of rotatable bonds is 9. The molecule has 0 bridgehead atoms. The lowest BCUT2D eigenvalue weighted by Crippen LogP contribution is -2.45. The average Bonchev–Trinajstić information content (AvgIpc) is 3.07. The Kier molecular flexibility index (Phi) is 7.68. The molecule has 1 saturated heterocycles. The van der Waals surface area contributed by atoms with Crippen LogP contribution in [0.15, 0.2) is 18.3 Å². The van der Waals surface area contributed by atoms with Crippen LogP contribution in [-0.2, 0) is 16.1 Å². The van der Waals surface area contributed by atoms with Crippen molar-refractivity contribution in [3.8, 4) is 0 Å². The SMILES string of the molecule is CCNC(=O)C(CCN(C)C)NCc1cc(C(=O)N2CCOC2=O)ccn1. The van der Waals surface area contributed by atoms with Gasteiger partial charge in [-0.2, -0.15) is 0 Å². The minimum absolute atomic E-state index is 0.0635. The number of hydrogen-bond donors (Lipinski definition) is 2. The van der Waals surface area contributed by atoms with Crippen LogP contribution in [0.3, 0.4) is 0 Å². The molecular weight excluding hydrogens is 350 g/mol. The fraction of sp³-hybridized carbons (Fsp3) is 0.556. The van der Waals surface area contributed by atoms with E-state index in [4.69, 9.17) is 4.74 Å². The molecule has 0 aromatic carbocycles. The Morgan fingerprint density at radius 2 is 2.19 bits per heavy atom. The number of nitrogens with one attached hydrogen (secondary N) is 2. The van der Waals surface area contributed by atoms with E-state index in [-0.39, 0.29) is 25.1 Å². The van der Waals surface area contributed by atoms with Gasteiger partial charge in [0.2, 0.25) is 5.91 Å². The molecule has 148 valence electrons. The number of hydrogen-bond acceptors (Lipinski definition) is 7. The van der Waals surface area contributed by atoms with E-state index in [0.717, 1.165) is 11.4 Å². The van der Waals surface area contributed by atoms with Gasteiger partial charge in [0.15, 0.2) is 0 Å². The van der Waals surface area contributed by atoms with E-state index in [9.17, 15) is 14.4 Å². The maximum absolute atomic E-state index is 12.4. The molecule has 1 atom stereocenters. The van der Waals surface area contributed by atoms with Crippen LogP contribution in [0.2, 0.25) is 0 Å². The molecule has 1 fully saturated rings. The molecular formula is C18H27N5O4. The lowest BCUT2D eigenvalue weighted by atomic mass is 10.1. The van der Waals surface area contributed by atoms with Crippen molar-refractivity contribution in [2.24, 2.45) is 0 Å². The van der Waals surface area contributed by atoms with Crippen molar-refractivity contribution in [3.63, 3.8) is 0 Å². The third-order valence-corrected chi connectivity index (χ3v) is 4.13. The topological polar surface area (TPSA) is 104 Å². The van der Waals surface area contributed by atoms with E-state index in [1.165, 1.54) is 6.20 Å². The summed E-state index contributed by atoms with van der Waals surface area (Å²) in [5.74, 6) is -0.472. The molecule has 3 amide bonds. The first-order valence-corrected chi connectivity index (χ1v) is 9.01. The molecule has 1 aromatic rings. The Morgan fingerprint density at radius 1 is 1.41 bits per heavy atom. The fourth-order valence-corrected chi connectivity index (χ4v) is 2.68. The zero-order chi connectivity index (χ0) is 19.8. The second-order valence-corrected chi connectivity index (χ2v) is 6.53. The lowest BCUT2D eigenvalue weighted by Gasteiger charge is -2.20. The molecule has 0 saturated carbocycles. The molecule has 2 N–H and O–H groups in total. The van der Waals surface area contributed by atoms with E-state index < -0.39 is 12.0 Å². The molecule has 0 aliphatic carbocycles. The van der Waals surface area contributed by atoms with E-state index in [0.29, 0.717) is 30.8 Å². The second kappa shape index (κ2) is 9.98. The van der Waals surface area contributed by atoms with Crippen LogP contribution < -0.4 is 10.6 Å². The van der Waals surface area contributed by atoms with E-state index in [2.05, 4.69) is 15.6 Å². The Hall–Kier alpha value is -2.52. The molecule has 0 radical (unpaired) electrons. The van der Waals surface area contributed by atoms with Crippen LogP contribution >= 0.6 is 0 Å². The van der Waals surface area contributed by atoms with Crippen LogP contribution in [0.25, 0.3) is 0 Å². The number of cyclic esters (lactones) is 1. The highest BCUT2D eigenvalue weighted by atomic mass is 16.6. The zero-order valence-corrected chi connectivity index (χ0v) is 16.0. The molecule has 1 aliphatic heterocycles. The van der Waals surface area contributed by atoms with Gasteiger partial charge in [-0.05, 0) is 46.1 Å². The van der Waals surface area contributed by atoms with Gasteiger partial charge in [0.05, 0.1) is 18.3 Å². The van der Waals surface area contributed by atoms with Crippen molar-refractivity contribution in [1.82, 2.24) is 25.4 Å². The molecule has 1 aliphatic rings. The standard InChI is InChI=1S/C18H27N5O4/c1-4-19-16(24)15(6-8-22(2)3)21-12-14-11-13(5-7-20-14)17(25)23-9-10-27-18(23)26/h5,7,11,15,21H,4,6,8-10,12H2,1-3H3,(H,19,24). The highest BCUT2D eigenvalue weighted by molar-refractivity contribution is 6.03. The van der Waals surface area contributed by atoms with Gasteiger partial charge in [0.25, 0.3) is 5.91 Å². The summed E-state index contributed by atoms with van der Waals surface area (Å²) < 4.78 is 4.80. The minimum atomic E-state index is -0.628. The van der Waals surface area contributed by atoms with Crippen molar-refractivity contribution in [2.75, 3.05) is 40.3 Å². The number of amides is 3. The predicted octanol–water partition coefficient (Wildman–Crippen LogP) is 0.220. The van der Waals surface area contributed by atoms with Crippen LogP contribution in [0.4, 0.5) is 4.79 Å². The van der Waals surface area contributed by atoms with E-state index in [1.54, 1.807) is 12.1 Å². The normalized spacial score (nSPS) is 15.0. The first-order valence-electron chi connectivity index (χ1n) is 9.01. The number of carbonyl (C=O) groups excluding carboxylic acids is 3. The molecule has 1 unspecified atom stereocenters. The highest BCUT2D eigenvalue weighted by Gasteiger charge is 2.29.